The summed E-state index contributed by atoms with van der Waals surface area (Å²) in [6.45, 7) is 4.39. The van der Waals surface area contributed by atoms with Crippen LogP contribution in [0.1, 0.15) is 56.5 Å². The highest BCUT2D eigenvalue weighted by Gasteiger charge is 2.20. The molecule has 1 aliphatic rings. The van der Waals surface area contributed by atoms with E-state index in [9.17, 15) is 9.59 Å². The Labute approximate surface area is 146 Å². The Bertz CT molecular complexity index is 780. The summed E-state index contributed by atoms with van der Waals surface area (Å²) in [5, 5.41) is 7.73. The predicted molar refractivity (Wildman–Crippen MR) is 98.1 cm³/mol. The fourth-order valence-electron chi connectivity index (χ4n) is 3.03. The molecule has 3 rings (SSSR count). The highest BCUT2D eigenvalue weighted by Crippen LogP contribution is 2.31. The molecule has 126 valence electrons. The number of fused-ring (bicyclic) bond motifs is 1. The van der Waals surface area contributed by atoms with Gasteiger partial charge in [0.1, 0.15) is 0 Å². The van der Waals surface area contributed by atoms with Crippen LogP contribution in [0.5, 0.6) is 0 Å². The largest absolute Gasteiger partial charge is 0.352 e. The maximum absolute atomic E-state index is 12.7. The van der Waals surface area contributed by atoms with Crippen LogP contribution in [0, 0.1) is 6.92 Å². The molecule has 0 saturated heterocycles. The first kappa shape index (κ1) is 16.7. The molecule has 0 radical (unpaired) electrons. The second kappa shape index (κ2) is 7.18. The van der Waals surface area contributed by atoms with Gasteiger partial charge in [0.15, 0.2) is 0 Å². The molecule has 4 nitrogen and oxygen atoms in total. The van der Waals surface area contributed by atoms with Gasteiger partial charge in [-0.15, -0.1) is 11.3 Å². The number of rotatable bonds is 4. The van der Waals surface area contributed by atoms with Crippen LogP contribution in [-0.4, -0.2) is 18.4 Å². The molecule has 0 bridgehead atoms. The van der Waals surface area contributed by atoms with E-state index in [2.05, 4.69) is 10.6 Å². The van der Waals surface area contributed by atoms with Crippen LogP contribution in [0.25, 0.3) is 0 Å². The van der Waals surface area contributed by atoms with Crippen LogP contribution in [0.3, 0.4) is 0 Å². The quantitative estimate of drug-likeness (QED) is 0.884. The Balaban J connectivity index is 1.83. The molecule has 1 heterocycles. The number of hydrogen-bond acceptors (Lipinski definition) is 3. The first-order valence-electron chi connectivity index (χ1n) is 8.39. The normalized spacial score (nSPS) is 13.2. The van der Waals surface area contributed by atoms with Gasteiger partial charge in [-0.3, -0.25) is 9.59 Å². The van der Waals surface area contributed by atoms with Crippen molar-refractivity contribution in [2.75, 3.05) is 11.9 Å². The van der Waals surface area contributed by atoms with E-state index in [4.69, 9.17) is 0 Å². The Morgan fingerprint density at radius 1 is 1.17 bits per heavy atom. The smallest absolute Gasteiger partial charge is 0.256 e. The first-order valence-corrected chi connectivity index (χ1v) is 9.27. The van der Waals surface area contributed by atoms with Gasteiger partial charge < -0.3 is 10.6 Å². The van der Waals surface area contributed by atoms with Crippen LogP contribution in [0.2, 0.25) is 0 Å². The molecule has 24 heavy (non-hydrogen) atoms. The maximum Gasteiger partial charge on any atom is 0.256 e. The zero-order chi connectivity index (χ0) is 17.1. The van der Waals surface area contributed by atoms with Gasteiger partial charge in [-0.2, -0.15) is 0 Å². The zero-order valence-corrected chi connectivity index (χ0v) is 14.9. The zero-order valence-electron chi connectivity index (χ0n) is 14.1. The Hall–Kier alpha value is -2.14. The van der Waals surface area contributed by atoms with Gasteiger partial charge >= 0.3 is 0 Å². The van der Waals surface area contributed by atoms with Crippen molar-refractivity contribution < 1.29 is 9.59 Å². The highest BCUT2D eigenvalue weighted by molar-refractivity contribution is 7.10. The fourth-order valence-corrected chi connectivity index (χ4v) is 4.16. The molecular weight excluding hydrogens is 320 g/mol. The molecule has 0 atom stereocenters. The van der Waals surface area contributed by atoms with Gasteiger partial charge in [0.2, 0.25) is 0 Å². The molecule has 1 aromatic heterocycles. The van der Waals surface area contributed by atoms with Crippen LogP contribution in [-0.2, 0) is 12.8 Å². The van der Waals surface area contributed by atoms with Crippen molar-refractivity contribution in [1.29, 1.82) is 0 Å². The summed E-state index contributed by atoms with van der Waals surface area (Å²) in [6, 6.07) is 5.39. The second-order valence-electron chi connectivity index (χ2n) is 6.10. The predicted octanol–water partition coefficient (Wildman–Crippen LogP) is 3.94. The van der Waals surface area contributed by atoms with Gasteiger partial charge in [0.05, 0.1) is 5.56 Å². The van der Waals surface area contributed by atoms with E-state index in [0.29, 0.717) is 17.8 Å². The number of carbonyl (C=O) groups is 2. The molecule has 2 amide bonds. The van der Waals surface area contributed by atoms with Crippen LogP contribution >= 0.6 is 11.3 Å². The minimum absolute atomic E-state index is 0.0782. The Kier molecular flexibility index (Phi) is 5.00. The third-order valence-electron chi connectivity index (χ3n) is 4.39. The van der Waals surface area contributed by atoms with Gasteiger partial charge in [0.25, 0.3) is 11.8 Å². The van der Waals surface area contributed by atoms with Gasteiger partial charge in [-0.25, -0.2) is 0 Å². The average molecular weight is 342 g/mol. The molecule has 0 fully saturated rings. The first-order chi connectivity index (χ1) is 11.6. The van der Waals surface area contributed by atoms with E-state index in [1.807, 2.05) is 25.3 Å². The van der Waals surface area contributed by atoms with E-state index in [1.165, 1.54) is 16.9 Å². The lowest BCUT2D eigenvalue weighted by Gasteiger charge is -2.14. The molecular formula is C19H22N2O2S. The van der Waals surface area contributed by atoms with Crippen molar-refractivity contribution in [2.45, 2.75) is 39.5 Å². The van der Waals surface area contributed by atoms with Crippen molar-refractivity contribution in [3.63, 3.8) is 0 Å². The van der Waals surface area contributed by atoms with E-state index < -0.39 is 0 Å². The van der Waals surface area contributed by atoms with E-state index >= 15 is 0 Å². The number of thiophene rings is 1. The monoisotopic (exact) mass is 342 g/mol. The number of benzene rings is 1. The lowest BCUT2D eigenvalue weighted by Crippen LogP contribution is -2.23. The van der Waals surface area contributed by atoms with Crippen LogP contribution in [0.15, 0.2) is 23.6 Å². The van der Waals surface area contributed by atoms with Crippen molar-refractivity contribution in [2.24, 2.45) is 0 Å². The third-order valence-corrected chi connectivity index (χ3v) is 5.48. The summed E-state index contributed by atoms with van der Waals surface area (Å²) < 4.78 is 0. The SMILES string of the molecule is CCNC(=O)c1ccc(C)c(NC(=O)c2csc3c2CCCC3)c1. The molecule has 5 heteroatoms. The number of amides is 2. The summed E-state index contributed by atoms with van der Waals surface area (Å²) in [7, 11) is 0. The Morgan fingerprint density at radius 2 is 1.96 bits per heavy atom. The summed E-state index contributed by atoms with van der Waals surface area (Å²) in [6.07, 6.45) is 4.43. The van der Waals surface area contributed by atoms with Crippen LogP contribution < -0.4 is 10.6 Å². The molecule has 0 spiro atoms. The molecule has 2 N–H and O–H groups in total. The molecule has 1 aliphatic carbocycles. The number of anilines is 1. The minimum Gasteiger partial charge on any atom is -0.352 e. The summed E-state index contributed by atoms with van der Waals surface area (Å²) in [4.78, 5) is 26.0. The molecule has 0 aliphatic heterocycles. The fraction of sp³-hybridized carbons (Fsp3) is 0.368. The van der Waals surface area contributed by atoms with Crippen molar-refractivity contribution in [3.8, 4) is 0 Å². The number of nitrogens with one attached hydrogen (secondary N) is 2. The van der Waals surface area contributed by atoms with Gasteiger partial charge in [0, 0.05) is 28.1 Å². The molecule has 0 unspecified atom stereocenters. The molecule has 2 aromatic rings. The lowest BCUT2D eigenvalue weighted by atomic mass is 9.95. The van der Waals surface area contributed by atoms with E-state index in [0.717, 1.165) is 30.4 Å². The number of hydrogen-bond donors (Lipinski definition) is 2. The van der Waals surface area contributed by atoms with E-state index in [1.54, 1.807) is 23.5 Å². The Morgan fingerprint density at radius 3 is 2.75 bits per heavy atom. The van der Waals surface area contributed by atoms with Crippen molar-refractivity contribution in [3.05, 3.63) is 50.7 Å². The van der Waals surface area contributed by atoms with Crippen LogP contribution in [0.4, 0.5) is 5.69 Å². The second-order valence-corrected chi connectivity index (χ2v) is 7.07. The summed E-state index contributed by atoms with van der Waals surface area (Å²) in [5.41, 5.74) is 4.20. The standard InChI is InChI=1S/C19H22N2O2S/c1-3-20-18(22)13-9-8-12(2)16(10-13)21-19(23)15-11-24-17-7-5-4-6-14(15)17/h8-11H,3-7H2,1-2H3,(H,20,22)(H,21,23). The highest BCUT2D eigenvalue weighted by atomic mass is 32.1. The van der Waals surface area contributed by atoms with Crippen molar-refractivity contribution in [1.82, 2.24) is 5.32 Å². The number of aryl methyl sites for hydroxylation is 2. The molecule has 1 aromatic carbocycles. The van der Waals surface area contributed by atoms with Crippen molar-refractivity contribution >= 4 is 28.8 Å². The summed E-state index contributed by atoms with van der Waals surface area (Å²) >= 11 is 1.68. The maximum atomic E-state index is 12.7. The minimum atomic E-state index is -0.124. The lowest BCUT2D eigenvalue weighted by molar-refractivity contribution is 0.0954. The summed E-state index contributed by atoms with van der Waals surface area (Å²) in [5.74, 6) is -0.202. The molecule has 0 saturated carbocycles. The average Bonchev–Trinajstić information content (AvgIpc) is 3.01. The van der Waals surface area contributed by atoms with Gasteiger partial charge in [-0.1, -0.05) is 6.07 Å². The van der Waals surface area contributed by atoms with Gasteiger partial charge in [-0.05, 0) is 62.8 Å². The third kappa shape index (κ3) is 3.36. The van der Waals surface area contributed by atoms with E-state index in [-0.39, 0.29) is 11.8 Å². The topological polar surface area (TPSA) is 58.2 Å². The number of carbonyl (C=O) groups excluding carboxylic acids is 2.